The zero-order valence-corrected chi connectivity index (χ0v) is 6.12. The SMILES string of the molecule is [SeH][CH]CC1CS1. The normalized spacial score (nSPS) is 30.5. The van der Waals surface area contributed by atoms with Crippen LogP contribution < -0.4 is 0 Å². The van der Waals surface area contributed by atoms with Gasteiger partial charge in [0.1, 0.15) is 0 Å². The van der Waals surface area contributed by atoms with Crippen LogP contribution in [0.2, 0.25) is 0 Å². The second-order valence-corrected chi connectivity index (χ2v) is 3.47. The van der Waals surface area contributed by atoms with Crippen LogP contribution in [0, 0.1) is 5.32 Å². The molecule has 1 aliphatic heterocycles. The molecule has 0 aromatic carbocycles. The van der Waals surface area contributed by atoms with E-state index in [4.69, 9.17) is 0 Å². The van der Waals surface area contributed by atoms with Gasteiger partial charge in [-0.1, -0.05) is 0 Å². The minimum absolute atomic E-state index is 0.994. The Bertz CT molecular complexity index is 42.8. The monoisotopic (exact) mass is 167 g/mol. The molecule has 0 aliphatic carbocycles. The number of rotatable bonds is 2. The van der Waals surface area contributed by atoms with Crippen LogP contribution in [0.15, 0.2) is 0 Å². The summed E-state index contributed by atoms with van der Waals surface area (Å²) in [6.07, 6.45) is 1.30. The van der Waals surface area contributed by atoms with Crippen molar-refractivity contribution in [2.75, 3.05) is 5.75 Å². The Morgan fingerprint density at radius 3 is 2.83 bits per heavy atom. The quantitative estimate of drug-likeness (QED) is 0.426. The Morgan fingerprint density at radius 2 is 2.67 bits per heavy atom. The van der Waals surface area contributed by atoms with Crippen molar-refractivity contribution in [3.8, 4) is 0 Å². The van der Waals surface area contributed by atoms with Crippen LogP contribution in [0.5, 0.6) is 0 Å². The fraction of sp³-hybridized carbons (Fsp3) is 0.750. The first kappa shape index (κ1) is 5.02. The molecule has 0 aromatic rings. The second kappa shape index (κ2) is 2.25. The third-order valence-electron chi connectivity index (χ3n) is 0.771. The first-order valence-corrected chi connectivity index (χ1v) is 4.14. The van der Waals surface area contributed by atoms with E-state index in [0.29, 0.717) is 0 Å². The molecule has 1 atom stereocenters. The average molecular weight is 166 g/mol. The topological polar surface area (TPSA) is 0 Å². The first-order valence-electron chi connectivity index (χ1n) is 2.01. The molecule has 1 heterocycles. The van der Waals surface area contributed by atoms with Crippen LogP contribution in [0.1, 0.15) is 6.42 Å². The third-order valence-corrected chi connectivity index (χ3v) is 2.21. The molecule has 0 bridgehead atoms. The van der Waals surface area contributed by atoms with E-state index in [0.717, 1.165) is 5.25 Å². The number of hydrogen-bond acceptors (Lipinski definition) is 1. The van der Waals surface area contributed by atoms with Crippen molar-refractivity contribution in [3.63, 3.8) is 0 Å². The van der Waals surface area contributed by atoms with Crippen molar-refractivity contribution < 1.29 is 0 Å². The summed E-state index contributed by atoms with van der Waals surface area (Å²) in [4.78, 5) is 0. The molecule has 2 heteroatoms. The van der Waals surface area contributed by atoms with Crippen molar-refractivity contribution >= 4 is 27.8 Å². The van der Waals surface area contributed by atoms with E-state index in [1.165, 1.54) is 12.2 Å². The van der Waals surface area contributed by atoms with Gasteiger partial charge < -0.3 is 0 Å². The van der Waals surface area contributed by atoms with Crippen LogP contribution in [0.3, 0.4) is 0 Å². The predicted octanol–water partition coefficient (Wildman–Crippen LogP) is 0.554. The Balaban J connectivity index is 1.88. The van der Waals surface area contributed by atoms with Crippen LogP contribution in [0.25, 0.3) is 0 Å². The van der Waals surface area contributed by atoms with Crippen LogP contribution in [0.4, 0.5) is 0 Å². The van der Waals surface area contributed by atoms with E-state index < -0.39 is 0 Å². The van der Waals surface area contributed by atoms with Gasteiger partial charge in [-0.3, -0.25) is 0 Å². The Kier molecular flexibility index (Phi) is 1.88. The third kappa shape index (κ3) is 1.55. The molecule has 0 aromatic heterocycles. The molecule has 0 spiro atoms. The van der Waals surface area contributed by atoms with Gasteiger partial charge in [0.25, 0.3) is 0 Å². The van der Waals surface area contributed by atoms with E-state index in [2.05, 4.69) is 33.1 Å². The van der Waals surface area contributed by atoms with Gasteiger partial charge in [-0.05, 0) is 0 Å². The van der Waals surface area contributed by atoms with Gasteiger partial charge in [0.2, 0.25) is 0 Å². The molecular formula is C4H7SSe. The van der Waals surface area contributed by atoms with Crippen molar-refractivity contribution in [2.24, 2.45) is 0 Å². The summed E-state index contributed by atoms with van der Waals surface area (Å²) in [5, 5.41) is 3.17. The molecule has 0 saturated carbocycles. The van der Waals surface area contributed by atoms with Gasteiger partial charge >= 0.3 is 50.5 Å². The fourth-order valence-electron chi connectivity index (χ4n) is 0.322. The van der Waals surface area contributed by atoms with Crippen LogP contribution in [-0.2, 0) is 0 Å². The van der Waals surface area contributed by atoms with Gasteiger partial charge in [-0.15, -0.1) is 0 Å². The Morgan fingerprint density at radius 1 is 2.00 bits per heavy atom. The van der Waals surface area contributed by atoms with E-state index >= 15 is 0 Å². The summed E-state index contributed by atoms with van der Waals surface area (Å²) in [5.41, 5.74) is 0. The van der Waals surface area contributed by atoms with Crippen molar-refractivity contribution in [1.82, 2.24) is 0 Å². The second-order valence-electron chi connectivity index (χ2n) is 1.37. The summed E-state index contributed by atoms with van der Waals surface area (Å²) in [7, 11) is 0. The molecule has 1 radical (unpaired) electrons. The average Bonchev–Trinajstić information content (AvgIpc) is 2.21. The van der Waals surface area contributed by atoms with Gasteiger partial charge in [0.05, 0.1) is 0 Å². The molecule has 1 fully saturated rings. The fourth-order valence-corrected chi connectivity index (χ4v) is 1.67. The molecule has 6 heavy (non-hydrogen) atoms. The Hall–Kier alpha value is 0.869. The standard InChI is InChI=1S/C4H7SSe/c6-2-1-4-3-5-4/h2,4,6H,1,3H2. The molecule has 0 amide bonds. The van der Waals surface area contributed by atoms with E-state index in [1.54, 1.807) is 0 Å². The molecule has 1 saturated heterocycles. The van der Waals surface area contributed by atoms with Crippen molar-refractivity contribution in [2.45, 2.75) is 11.7 Å². The maximum atomic E-state index is 2.50. The zero-order chi connectivity index (χ0) is 4.41. The van der Waals surface area contributed by atoms with Gasteiger partial charge in [-0.2, -0.15) is 0 Å². The summed E-state index contributed by atoms with van der Waals surface area (Å²) in [6, 6.07) is 0. The first-order chi connectivity index (χ1) is 2.93. The summed E-state index contributed by atoms with van der Waals surface area (Å²) in [5.74, 6) is 1.40. The van der Waals surface area contributed by atoms with Crippen LogP contribution >= 0.6 is 11.8 Å². The Labute approximate surface area is 50.9 Å². The van der Waals surface area contributed by atoms with Gasteiger partial charge in [-0.25, -0.2) is 0 Å². The molecule has 0 nitrogen and oxygen atoms in total. The van der Waals surface area contributed by atoms with E-state index in [-0.39, 0.29) is 0 Å². The number of thioether (sulfide) groups is 1. The maximum absolute atomic E-state index is 2.50. The van der Waals surface area contributed by atoms with Crippen molar-refractivity contribution in [3.05, 3.63) is 5.32 Å². The summed E-state index contributed by atoms with van der Waals surface area (Å²) >= 11 is 4.55. The molecule has 1 aliphatic rings. The zero-order valence-electron chi connectivity index (χ0n) is 3.42. The van der Waals surface area contributed by atoms with E-state index in [1.807, 2.05) is 0 Å². The van der Waals surface area contributed by atoms with E-state index in [9.17, 15) is 0 Å². The molecule has 35 valence electrons. The number of hydrogen-bond donors (Lipinski definition) is 0. The summed E-state index contributed by atoms with van der Waals surface area (Å²) < 4.78 is 0. The molecule has 1 rings (SSSR count). The minimum atomic E-state index is 0.994. The van der Waals surface area contributed by atoms with Crippen LogP contribution in [-0.4, -0.2) is 27.0 Å². The molecular weight excluding hydrogens is 159 g/mol. The van der Waals surface area contributed by atoms with Gasteiger partial charge in [0, 0.05) is 0 Å². The van der Waals surface area contributed by atoms with Crippen molar-refractivity contribution in [1.29, 1.82) is 0 Å². The predicted molar refractivity (Wildman–Crippen MR) is 32.3 cm³/mol. The molecule has 1 unspecified atom stereocenters. The summed E-state index contributed by atoms with van der Waals surface area (Å²) in [6.45, 7) is 0. The van der Waals surface area contributed by atoms with Gasteiger partial charge in [0.15, 0.2) is 0 Å². The molecule has 0 N–H and O–H groups in total.